The van der Waals surface area contributed by atoms with Crippen molar-refractivity contribution in [3.8, 4) is 0 Å². The Hall–Kier alpha value is -0.750. The van der Waals surface area contributed by atoms with E-state index in [2.05, 4.69) is 21.0 Å². The van der Waals surface area contributed by atoms with Crippen LogP contribution in [0.5, 0.6) is 0 Å². The van der Waals surface area contributed by atoms with E-state index in [1.165, 1.54) is 23.9 Å². The molecule has 0 unspecified atom stereocenters. The molecule has 1 rings (SSSR count). The number of benzene rings is 1. The minimum absolute atomic E-state index is 0.279. The van der Waals surface area contributed by atoms with Gasteiger partial charge in [0.1, 0.15) is 5.82 Å². The van der Waals surface area contributed by atoms with Crippen molar-refractivity contribution in [3.05, 3.63) is 34.1 Å². The van der Waals surface area contributed by atoms with Crippen molar-refractivity contribution >= 4 is 32.9 Å². The minimum Gasteiger partial charge on any atom is -0.377 e. The third kappa shape index (κ3) is 3.55. The molecule has 1 aromatic rings. The quantitative estimate of drug-likeness (QED) is 0.376. The van der Waals surface area contributed by atoms with Crippen LogP contribution in [0.15, 0.2) is 27.8 Å². The van der Waals surface area contributed by atoms with Crippen LogP contribution < -0.4 is 11.6 Å². The van der Waals surface area contributed by atoms with E-state index in [0.717, 1.165) is 5.56 Å². The van der Waals surface area contributed by atoms with Crippen molar-refractivity contribution in [2.24, 2.45) is 16.7 Å². The van der Waals surface area contributed by atoms with E-state index in [4.69, 9.17) is 11.6 Å². The third-order valence-corrected chi connectivity index (χ3v) is 2.77. The molecule has 0 bridgehead atoms. The van der Waals surface area contributed by atoms with Gasteiger partial charge in [0.25, 0.3) is 0 Å². The van der Waals surface area contributed by atoms with Crippen LogP contribution in [0.25, 0.3) is 0 Å². The van der Waals surface area contributed by atoms with Crippen LogP contribution in [0.2, 0.25) is 0 Å². The normalized spacial score (nSPS) is 11.7. The van der Waals surface area contributed by atoms with Crippen molar-refractivity contribution in [1.82, 2.24) is 0 Å². The summed E-state index contributed by atoms with van der Waals surface area (Å²) in [5.41, 5.74) is 6.21. The lowest BCUT2D eigenvalue weighted by Gasteiger charge is -2.01. The zero-order valence-corrected chi connectivity index (χ0v) is 9.61. The van der Waals surface area contributed by atoms with Crippen LogP contribution in [-0.2, 0) is 5.75 Å². The molecule has 0 atom stereocenters. The summed E-state index contributed by atoms with van der Waals surface area (Å²) in [5, 5.41) is 3.58. The zero-order chi connectivity index (χ0) is 10.6. The number of rotatable bonds is 2. The molecule has 0 radical (unpaired) electrons. The molecule has 3 nitrogen and oxygen atoms in total. The molecule has 0 aliphatic heterocycles. The fourth-order valence-corrected chi connectivity index (χ4v) is 1.96. The molecule has 14 heavy (non-hydrogen) atoms. The van der Waals surface area contributed by atoms with Crippen LogP contribution in [0, 0.1) is 5.82 Å². The number of hydrogen-bond donors (Lipinski definition) is 2. The Bertz CT molecular complexity index is 336. The molecule has 0 heterocycles. The van der Waals surface area contributed by atoms with Gasteiger partial charge in [-0.25, -0.2) is 4.39 Å². The molecule has 0 aromatic heterocycles. The number of amidine groups is 1. The maximum Gasteiger partial charge on any atom is 0.177 e. The molecule has 0 aliphatic carbocycles. The lowest BCUT2D eigenvalue weighted by Crippen LogP contribution is -2.09. The second-order valence-corrected chi connectivity index (χ2v) is 4.45. The van der Waals surface area contributed by atoms with Crippen molar-refractivity contribution in [2.45, 2.75) is 5.75 Å². The number of hydrogen-bond acceptors (Lipinski definition) is 3. The predicted molar refractivity (Wildman–Crippen MR) is 61.2 cm³/mol. The molecular weight excluding hydrogens is 269 g/mol. The third-order valence-electron chi connectivity index (χ3n) is 1.44. The van der Waals surface area contributed by atoms with Gasteiger partial charge in [-0.1, -0.05) is 27.7 Å². The van der Waals surface area contributed by atoms with Gasteiger partial charge in [-0.15, -0.1) is 0 Å². The molecule has 4 N–H and O–H groups in total. The maximum atomic E-state index is 12.9. The number of halogens is 2. The van der Waals surface area contributed by atoms with Gasteiger partial charge in [0.05, 0.1) is 0 Å². The molecule has 0 fully saturated rings. The lowest BCUT2D eigenvalue weighted by atomic mass is 10.2. The highest BCUT2D eigenvalue weighted by Gasteiger charge is 2.00. The summed E-state index contributed by atoms with van der Waals surface area (Å²) < 4.78 is 13.6. The van der Waals surface area contributed by atoms with E-state index in [-0.39, 0.29) is 11.0 Å². The number of nitrogens with two attached hydrogens (primary N) is 2. The maximum absolute atomic E-state index is 12.9. The van der Waals surface area contributed by atoms with Gasteiger partial charge in [-0.3, -0.25) is 0 Å². The summed E-state index contributed by atoms with van der Waals surface area (Å²) in [5.74, 6) is 5.22. The smallest absolute Gasteiger partial charge is 0.177 e. The molecule has 0 aliphatic rings. The average Bonchev–Trinajstić information content (AvgIpc) is 2.12. The van der Waals surface area contributed by atoms with E-state index in [1.807, 2.05) is 6.07 Å². The average molecular weight is 278 g/mol. The summed E-state index contributed by atoms with van der Waals surface area (Å²) in [6.45, 7) is 0. The molecule has 6 heteroatoms. The van der Waals surface area contributed by atoms with Crippen molar-refractivity contribution in [1.29, 1.82) is 0 Å². The molecule has 76 valence electrons. The second-order valence-electron chi connectivity index (χ2n) is 2.53. The van der Waals surface area contributed by atoms with E-state index in [9.17, 15) is 4.39 Å². The largest absolute Gasteiger partial charge is 0.377 e. The van der Waals surface area contributed by atoms with Gasteiger partial charge in [0, 0.05) is 10.2 Å². The van der Waals surface area contributed by atoms with Crippen LogP contribution in [0.4, 0.5) is 4.39 Å². The number of nitrogens with zero attached hydrogens (tertiary/aromatic N) is 1. The highest BCUT2D eigenvalue weighted by molar-refractivity contribution is 9.10. The summed E-state index contributed by atoms with van der Waals surface area (Å²) in [4.78, 5) is 0. The first kappa shape index (κ1) is 11.3. The Morgan fingerprint density at radius 3 is 2.79 bits per heavy atom. The Morgan fingerprint density at radius 1 is 1.50 bits per heavy atom. The first-order valence-corrected chi connectivity index (χ1v) is 5.51. The van der Waals surface area contributed by atoms with E-state index >= 15 is 0 Å². The molecular formula is C8H9BrFN3S. The first-order valence-electron chi connectivity index (χ1n) is 3.73. The standard InChI is InChI=1S/C8H9BrFN3S/c9-6-1-5(2-7(10)3-6)4-14-8(11)13-12/h1-3H,4,12H2,(H2,11,13). The molecule has 0 spiro atoms. The summed E-state index contributed by atoms with van der Waals surface area (Å²) in [6, 6.07) is 4.66. The molecule has 1 aromatic carbocycles. The van der Waals surface area contributed by atoms with Crippen LogP contribution in [0.3, 0.4) is 0 Å². The monoisotopic (exact) mass is 277 g/mol. The summed E-state index contributed by atoms with van der Waals surface area (Å²) in [6.07, 6.45) is 0. The van der Waals surface area contributed by atoms with Crippen molar-refractivity contribution < 1.29 is 4.39 Å². The van der Waals surface area contributed by atoms with Gasteiger partial charge in [-0.05, 0) is 23.8 Å². The number of thioether (sulfide) groups is 1. The van der Waals surface area contributed by atoms with Crippen LogP contribution in [0.1, 0.15) is 5.56 Å². The lowest BCUT2D eigenvalue weighted by molar-refractivity contribution is 0.625. The molecule has 0 saturated carbocycles. The van der Waals surface area contributed by atoms with Gasteiger partial charge in [-0.2, -0.15) is 5.10 Å². The molecule has 0 amide bonds. The Morgan fingerprint density at radius 2 is 2.21 bits per heavy atom. The Balaban J connectivity index is 2.67. The predicted octanol–water partition coefficient (Wildman–Crippen LogP) is 2.01. The number of hydrazone groups is 1. The molecule has 0 saturated heterocycles. The SMILES string of the molecule is NN=C(N)SCc1cc(F)cc(Br)c1. The highest BCUT2D eigenvalue weighted by Crippen LogP contribution is 2.18. The minimum atomic E-state index is -0.279. The highest BCUT2D eigenvalue weighted by atomic mass is 79.9. The Labute approximate surface area is 93.9 Å². The van der Waals surface area contributed by atoms with Gasteiger partial charge in [0.2, 0.25) is 0 Å². The van der Waals surface area contributed by atoms with Crippen molar-refractivity contribution in [3.63, 3.8) is 0 Å². The van der Waals surface area contributed by atoms with Crippen molar-refractivity contribution in [2.75, 3.05) is 0 Å². The van der Waals surface area contributed by atoms with Gasteiger partial charge in [0.15, 0.2) is 5.17 Å². The summed E-state index contributed by atoms with van der Waals surface area (Å²) >= 11 is 4.46. The summed E-state index contributed by atoms with van der Waals surface area (Å²) in [7, 11) is 0. The van der Waals surface area contributed by atoms with E-state index in [1.54, 1.807) is 0 Å². The first-order chi connectivity index (χ1) is 6.61. The van der Waals surface area contributed by atoms with Crippen LogP contribution >= 0.6 is 27.7 Å². The zero-order valence-electron chi connectivity index (χ0n) is 7.21. The fraction of sp³-hybridized carbons (Fsp3) is 0.125. The van der Waals surface area contributed by atoms with E-state index < -0.39 is 0 Å². The topological polar surface area (TPSA) is 64.4 Å². The van der Waals surface area contributed by atoms with Gasteiger partial charge >= 0.3 is 0 Å². The van der Waals surface area contributed by atoms with Crippen LogP contribution in [-0.4, -0.2) is 5.17 Å². The van der Waals surface area contributed by atoms with Gasteiger partial charge < -0.3 is 11.6 Å². The van der Waals surface area contributed by atoms with E-state index in [0.29, 0.717) is 10.2 Å². The fourth-order valence-electron chi connectivity index (χ4n) is 0.889. The second kappa shape index (κ2) is 5.21. The Kier molecular flexibility index (Phi) is 4.21.